The lowest BCUT2D eigenvalue weighted by Gasteiger charge is -2.26. The second kappa shape index (κ2) is 41.8. The molecule has 0 spiro atoms. The highest BCUT2D eigenvalue weighted by Crippen LogP contribution is 2.20. The highest BCUT2D eigenvalue weighted by Gasteiger charge is 2.34. The summed E-state index contributed by atoms with van der Waals surface area (Å²) in [5.41, 5.74) is 12.7. The van der Waals surface area contributed by atoms with Crippen LogP contribution in [0, 0.1) is 11.8 Å². The predicted octanol–water partition coefficient (Wildman–Crippen LogP) is -4.73. The van der Waals surface area contributed by atoms with Crippen LogP contribution in [0.2, 0.25) is 0 Å². The number of nitrogens with two attached hydrogens (primary N) is 2. The highest BCUT2D eigenvalue weighted by atomic mass is 32.2. The van der Waals surface area contributed by atoms with Gasteiger partial charge in [0.2, 0.25) is 82.7 Å². The van der Waals surface area contributed by atoms with Crippen molar-refractivity contribution in [2.75, 3.05) is 64.6 Å². The van der Waals surface area contributed by atoms with E-state index in [0.717, 1.165) is 0 Å². The summed E-state index contributed by atoms with van der Waals surface area (Å²) in [7, 11) is 3.27. The van der Waals surface area contributed by atoms with Crippen LogP contribution in [-0.4, -0.2) is 227 Å². The lowest BCUT2D eigenvalue weighted by atomic mass is 10.0. The van der Waals surface area contributed by atoms with E-state index in [1.54, 1.807) is 63.3 Å². The number of aliphatic hydroxyl groups excluding tert-OH is 1. The molecule has 9 atom stereocenters. The van der Waals surface area contributed by atoms with E-state index in [4.69, 9.17) is 11.5 Å². The van der Waals surface area contributed by atoms with Crippen molar-refractivity contribution in [2.24, 2.45) is 23.3 Å². The number of likely N-dealkylation sites (N-methyl/N-ethyl adjacent to an activating group) is 1. The van der Waals surface area contributed by atoms with Gasteiger partial charge in [-0.1, -0.05) is 45.9 Å². The molecule has 3 aromatic rings. The van der Waals surface area contributed by atoms with Crippen molar-refractivity contribution >= 4 is 118 Å². The van der Waals surface area contributed by atoms with Gasteiger partial charge in [-0.25, -0.2) is 4.98 Å². The summed E-state index contributed by atoms with van der Waals surface area (Å²) in [6.07, 6.45) is 6.08. The smallest absolute Gasteiger partial charge is 0.245 e. The summed E-state index contributed by atoms with van der Waals surface area (Å²) in [5, 5.41) is 40.9. The van der Waals surface area contributed by atoms with Crippen LogP contribution in [0.25, 0.3) is 10.9 Å². The zero-order valence-corrected chi connectivity index (χ0v) is 56.5. The minimum atomic E-state index is -1.42. The zero-order valence-electron chi connectivity index (χ0n) is 54.8. The normalized spacial score (nSPS) is 14.0. The van der Waals surface area contributed by atoms with Gasteiger partial charge in [0.25, 0.3) is 0 Å². The first-order chi connectivity index (χ1) is 45.0. The average molecular weight is 1370 g/mol. The van der Waals surface area contributed by atoms with Crippen LogP contribution in [0.15, 0.2) is 43.0 Å². The number of aliphatic hydroxyl groups is 1. The Balaban J connectivity index is 1.66. The maximum absolute atomic E-state index is 14.3. The van der Waals surface area contributed by atoms with Crippen molar-refractivity contribution in [1.82, 2.24) is 83.7 Å². The highest BCUT2D eigenvalue weighted by molar-refractivity contribution is 7.98. The van der Waals surface area contributed by atoms with Gasteiger partial charge in [-0.2, -0.15) is 24.4 Å². The molecule has 95 heavy (non-hydrogen) atoms. The molecule has 2 heterocycles. The third-order valence-electron chi connectivity index (χ3n) is 14.4. The largest absolute Gasteiger partial charge is 0.394 e. The molecule has 2 aromatic heterocycles. The number of nitrogens with zero attached hydrogens (tertiary/aromatic N) is 2. The van der Waals surface area contributed by atoms with Gasteiger partial charge in [-0.3, -0.25) is 67.1 Å². The van der Waals surface area contributed by atoms with E-state index in [-0.39, 0.29) is 82.5 Å². The number of carbonyl (C=O) groups is 14. The Morgan fingerprint density at radius 2 is 1.19 bits per heavy atom. The number of carbonyl (C=O) groups excluding carboxylic acids is 14. The molecule has 1 unspecified atom stereocenters. The lowest BCUT2D eigenvalue weighted by Crippen LogP contribution is -2.59. The number of imidazole rings is 1. The maximum Gasteiger partial charge on any atom is 0.245 e. The number of amides is 14. The summed E-state index contributed by atoms with van der Waals surface area (Å²) < 4.78 is 0. The molecule has 0 radical (unpaired) electrons. The first-order valence-corrected chi connectivity index (χ1v) is 33.0. The van der Waals surface area contributed by atoms with E-state index in [0.29, 0.717) is 27.9 Å². The van der Waals surface area contributed by atoms with Gasteiger partial charge in [0, 0.05) is 67.0 Å². The van der Waals surface area contributed by atoms with Crippen molar-refractivity contribution in [3.8, 4) is 0 Å². The molecule has 0 saturated carbocycles. The molecule has 0 bridgehead atoms. The van der Waals surface area contributed by atoms with Crippen molar-refractivity contribution < 1.29 is 72.2 Å². The van der Waals surface area contributed by atoms with Crippen molar-refractivity contribution in [3.05, 3.63) is 54.2 Å². The summed E-state index contributed by atoms with van der Waals surface area (Å²) in [6.45, 7) is 6.31. The van der Waals surface area contributed by atoms with Crippen LogP contribution in [-0.2, 0) is 80.0 Å². The van der Waals surface area contributed by atoms with Crippen LogP contribution in [0.4, 0.5) is 0 Å². The Morgan fingerprint density at radius 1 is 0.600 bits per heavy atom. The zero-order chi connectivity index (χ0) is 70.9. The molecule has 526 valence electrons. The number of rotatable bonds is 44. The quantitative estimate of drug-likeness (QED) is 0.0187. The number of para-hydroxylation sites is 1. The molecule has 35 heteroatoms. The Morgan fingerprint density at radius 3 is 1.81 bits per heavy atom. The minimum Gasteiger partial charge on any atom is -0.394 e. The molecule has 14 amide bonds. The van der Waals surface area contributed by atoms with Gasteiger partial charge in [0.05, 0.1) is 32.6 Å². The molecule has 0 aliphatic rings. The summed E-state index contributed by atoms with van der Waals surface area (Å²) >= 11 is 5.54. The number of nitrogens with one attached hydrogen (secondary N) is 14. The molecular weight excluding hydrogens is 1280 g/mol. The van der Waals surface area contributed by atoms with E-state index in [1.165, 1.54) is 31.2 Å². The molecule has 0 aliphatic heterocycles. The van der Waals surface area contributed by atoms with E-state index in [9.17, 15) is 72.2 Å². The SMILES string of the molecule is CSCCC(NC(=O)[C@H](CC(C)C)NC(=O)[C@H](Cc1cnc[nH]1)NC(=O)CNC(=O)[C@@H](NC(=O)[C@H](C)NC(=O)[C@H](Cc1c[nH]c2ccccc12)NC(=O)[C@H](CCC(N)=O)NC(=O)CCCCNC(=O)CNC(=O)[C@H](CS)NC(=O)[C@H](CO)NC(=O)CN(C)C)C(C)C)C(N)=O. The van der Waals surface area contributed by atoms with E-state index in [2.05, 4.69) is 91.4 Å². The third-order valence-corrected chi connectivity index (χ3v) is 15.4. The fourth-order valence-corrected chi connectivity index (χ4v) is 10.0. The fraction of sp³-hybridized carbons (Fsp3) is 0.583. The van der Waals surface area contributed by atoms with Crippen LogP contribution < -0.4 is 75.3 Å². The van der Waals surface area contributed by atoms with Gasteiger partial charge < -0.3 is 95.2 Å². The monoisotopic (exact) mass is 1370 g/mol. The number of fused-ring (bicyclic) bond motifs is 1. The number of thiol groups is 1. The van der Waals surface area contributed by atoms with E-state index in [1.807, 2.05) is 20.1 Å². The Bertz CT molecular complexity index is 3090. The number of H-pyrrole nitrogens is 2. The Labute approximate surface area is 560 Å². The second-order valence-electron chi connectivity index (χ2n) is 23.6. The first-order valence-electron chi connectivity index (χ1n) is 30.9. The molecule has 0 fully saturated rings. The molecular formula is C60H94N18O15S2. The van der Waals surface area contributed by atoms with Gasteiger partial charge in [-0.15, -0.1) is 0 Å². The fourth-order valence-electron chi connectivity index (χ4n) is 9.31. The number of unbranched alkanes of at least 4 members (excludes halogenated alkanes) is 1. The van der Waals surface area contributed by atoms with Gasteiger partial charge in [0.1, 0.15) is 54.4 Å². The number of benzene rings is 1. The average Bonchev–Trinajstić information content (AvgIpc) is 1.72. The van der Waals surface area contributed by atoms with Crippen LogP contribution >= 0.6 is 24.4 Å². The van der Waals surface area contributed by atoms with Crippen LogP contribution in [0.5, 0.6) is 0 Å². The second-order valence-corrected chi connectivity index (χ2v) is 24.9. The molecule has 3 rings (SSSR count). The molecule has 0 saturated heterocycles. The van der Waals surface area contributed by atoms with Gasteiger partial charge in [0.15, 0.2) is 0 Å². The van der Waals surface area contributed by atoms with Crippen molar-refractivity contribution in [2.45, 2.75) is 147 Å². The minimum absolute atomic E-state index is 0.0569. The molecule has 19 N–H and O–H groups in total. The lowest BCUT2D eigenvalue weighted by molar-refractivity contribution is -0.135. The summed E-state index contributed by atoms with van der Waals surface area (Å²) in [4.78, 5) is 196. The standard InChI is InChI=1S/C60H94N18O15S2/c1-32(2)21-41(57(90)73-39(52(62)85)18-20-95-8)74-58(91)43(23-36-25-63-31-68-36)71-49(83)27-67-60(93)51(33(3)4)77-53(86)34(5)69-56(89)42(22-35-24-65-38-14-10-9-13-37(35)38)75-55(88)40(16-17-46(61)80)70-47(81)15-11-12-19-64-48(82)26-66-54(87)45(30-94)76-59(92)44(29-79)72-50(84)28-78(6)7/h9-10,13-14,24-25,31-34,39-45,51,65,79,94H,11-12,15-23,26-30H2,1-8H3,(H2,61,80)(H2,62,85)(H,63,68)(H,64,82)(H,66,87)(H,67,93)(H,69,89)(H,70,81)(H,71,83)(H,72,84)(H,73,90)(H,74,91)(H,75,88)(H,76,92)(H,77,86)/t34-,39?,40-,41-,42-,43-,44-,45-,51-/m0/s1. The van der Waals surface area contributed by atoms with Crippen molar-refractivity contribution in [1.29, 1.82) is 0 Å². The first kappa shape index (κ1) is 80.4. The van der Waals surface area contributed by atoms with E-state index < -0.39 is 163 Å². The van der Waals surface area contributed by atoms with Crippen LogP contribution in [0.3, 0.4) is 0 Å². The Kier molecular flexibility index (Phi) is 35.4. The number of hydrogen-bond acceptors (Lipinski definition) is 19. The summed E-state index contributed by atoms with van der Waals surface area (Å²) in [6, 6.07) is -4.33. The molecule has 1 aromatic carbocycles. The predicted molar refractivity (Wildman–Crippen MR) is 355 cm³/mol. The van der Waals surface area contributed by atoms with Gasteiger partial charge in [-0.05, 0) is 88.6 Å². The number of thioether (sulfide) groups is 1. The van der Waals surface area contributed by atoms with Crippen LogP contribution in [0.1, 0.15) is 90.8 Å². The maximum atomic E-state index is 14.3. The van der Waals surface area contributed by atoms with Crippen molar-refractivity contribution in [3.63, 3.8) is 0 Å². The van der Waals surface area contributed by atoms with E-state index >= 15 is 0 Å². The number of primary amides is 2. The number of hydrogen-bond donors (Lipinski definition) is 18. The van der Waals surface area contributed by atoms with Gasteiger partial charge >= 0.3 is 0 Å². The third kappa shape index (κ3) is 29.6. The summed E-state index contributed by atoms with van der Waals surface area (Å²) in [5.74, 6) is -10.9. The number of aromatic nitrogens is 3. The molecule has 0 aliphatic carbocycles. The number of aromatic amines is 2. The Hall–Kier alpha value is -8.83. The topological polar surface area (TPSA) is 503 Å². The molecule has 33 nitrogen and oxygen atoms in total.